The van der Waals surface area contributed by atoms with Crippen LogP contribution in [-0.4, -0.2) is 9.61 Å². The van der Waals surface area contributed by atoms with E-state index in [2.05, 4.69) is 112 Å². The summed E-state index contributed by atoms with van der Waals surface area (Å²) < 4.78 is 2.05. The molecule has 1 aliphatic heterocycles. The molecular formula is C25H20N4. The van der Waals surface area contributed by atoms with Crippen molar-refractivity contribution in [2.24, 2.45) is 0 Å². The first kappa shape index (κ1) is 16.2. The number of para-hydroxylation sites is 3. The summed E-state index contributed by atoms with van der Waals surface area (Å²) in [5, 5.41) is 9.83. The van der Waals surface area contributed by atoms with E-state index < -0.39 is 0 Å². The second-order valence-electron chi connectivity index (χ2n) is 7.47. The third-order valence-electron chi connectivity index (χ3n) is 5.65. The Morgan fingerprint density at radius 3 is 2.52 bits per heavy atom. The predicted molar refractivity (Wildman–Crippen MR) is 118 cm³/mol. The first-order chi connectivity index (χ1) is 14.4. The van der Waals surface area contributed by atoms with Crippen LogP contribution in [0.25, 0.3) is 16.4 Å². The van der Waals surface area contributed by atoms with Crippen molar-refractivity contribution in [3.8, 4) is 0 Å². The maximum atomic E-state index is 4.95. The summed E-state index contributed by atoms with van der Waals surface area (Å²) in [5.41, 5.74) is 6.93. The van der Waals surface area contributed by atoms with Gasteiger partial charge in [-0.2, -0.15) is 5.10 Å². The number of hydrogen-bond acceptors (Lipinski definition) is 3. The maximum absolute atomic E-state index is 4.95. The van der Waals surface area contributed by atoms with Gasteiger partial charge in [0.1, 0.15) is 6.17 Å². The first-order valence-electron chi connectivity index (χ1n) is 9.90. The molecule has 0 amide bonds. The minimum absolute atomic E-state index is 0.0927. The third-order valence-corrected chi connectivity index (χ3v) is 5.65. The molecular weight excluding hydrogens is 356 g/mol. The van der Waals surface area contributed by atoms with Gasteiger partial charge in [0.15, 0.2) is 0 Å². The number of pyridine rings is 1. The van der Waals surface area contributed by atoms with Gasteiger partial charge in [-0.1, -0.05) is 66.7 Å². The molecule has 1 aliphatic rings. The highest BCUT2D eigenvalue weighted by Gasteiger charge is 2.30. The van der Waals surface area contributed by atoms with E-state index in [1.54, 1.807) is 0 Å². The molecule has 4 heteroatoms. The van der Waals surface area contributed by atoms with E-state index in [0.29, 0.717) is 0 Å². The fourth-order valence-electron chi connectivity index (χ4n) is 4.29. The molecule has 0 radical (unpaired) electrons. The molecule has 0 bridgehead atoms. The molecule has 0 aliphatic carbocycles. The molecule has 0 spiro atoms. The van der Waals surface area contributed by atoms with Crippen LogP contribution in [-0.2, 0) is 6.54 Å². The van der Waals surface area contributed by atoms with Crippen molar-refractivity contribution in [1.29, 1.82) is 0 Å². The molecule has 2 aromatic heterocycles. The molecule has 29 heavy (non-hydrogen) atoms. The first-order valence-corrected chi connectivity index (χ1v) is 9.90. The minimum atomic E-state index is 0.0927. The summed E-state index contributed by atoms with van der Waals surface area (Å²) in [4.78, 5) is 2.40. The van der Waals surface area contributed by atoms with Crippen molar-refractivity contribution in [2.45, 2.75) is 12.7 Å². The van der Waals surface area contributed by atoms with Gasteiger partial charge in [-0.15, -0.1) is 0 Å². The lowest BCUT2D eigenvalue weighted by molar-refractivity contribution is 0.697. The summed E-state index contributed by atoms with van der Waals surface area (Å²) in [6, 6.07) is 34.0. The van der Waals surface area contributed by atoms with Gasteiger partial charge in [-0.05, 0) is 35.9 Å². The van der Waals surface area contributed by atoms with Crippen LogP contribution < -0.4 is 10.2 Å². The van der Waals surface area contributed by atoms with Crippen molar-refractivity contribution < 1.29 is 0 Å². The summed E-state index contributed by atoms with van der Waals surface area (Å²) in [7, 11) is 0. The van der Waals surface area contributed by atoms with Crippen LogP contribution in [0.3, 0.4) is 0 Å². The molecule has 3 heterocycles. The fourth-order valence-corrected chi connectivity index (χ4v) is 4.29. The summed E-state index contributed by atoms with van der Waals surface area (Å²) in [6.07, 6.45) is 0.0927. The summed E-state index contributed by atoms with van der Waals surface area (Å²) >= 11 is 0. The van der Waals surface area contributed by atoms with Gasteiger partial charge in [0, 0.05) is 5.39 Å². The minimum Gasteiger partial charge on any atom is -0.360 e. The molecule has 4 nitrogen and oxygen atoms in total. The Labute approximate surface area is 169 Å². The quantitative estimate of drug-likeness (QED) is 0.444. The topological polar surface area (TPSA) is 32.6 Å². The smallest absolute Gasteiger partial charge is 0.126 e. The van der Waals surface area contributed by atoms with E-state index in [-0.39, 0.29) is 6.17 Å². The Morgan fingerprint density at radius 1 is 0.793 bits per heavy atom. The van der Waals surface area contributed by atoms with Crippen LogP contribution in [0.5, 0.6) is 0 Å². The molecule has 3 aromatic carbocycles. The van der Waals surface area contributed by atoms with Crippen LogP contribution >= 0.6 is 0 Å². The number of benzene rings is 3. The van der Waals surface area contributed by atoms with Gasteiger partial charge in [0.2, 0.25) is 0 Å². The van der Waals surface area contributed by atoms with Crippen LogP contribution in [0.4, 0.5) is 11.4 Å². The monoisotopic (exact) mass is 376 g/mol. The van der Waals surface area contributed by atoms with Gasteiger partial charge >= 0.3 is 0 Å². The lowest BCUT2D eigenvalue weighted by Crippen LogP contribution is -2.27. The highest BCUT2D eigenvalue weighted by molar-refractivity contribution is 5.82. The number of nitrogens with one attached hydrogen (secondary N) is 1. The van der Waals surface area contributed by atoms with Crippen LogP contribution in [0.15, 0.2) is 97.1 Å². The molecule has 0 saturated heterocycles. The van der Waals surface area contributed by atoms with Crippen molar-refractivity contribution in [3.05, 3.63) is 108 Å². The highest BCUT2D eigenvalue weighted by Crippen LogP contribution is 2.41. The average Bonchev–Trinajstić information content (AvgIpc) is 3.36. The normalized spacial score (nSPS) is 15.6. The molecule has 0 fully saturated rings. The zero-order valence-electron chi connectivity index (χ0n) is 15.9. The fraction of sp³-hybridized carbons (Fsp3) is 0.0800. The highest BCUT2D eigenvalue weighted by atomic mass is 15.3. The number of rotatable bonds is 3. The van der Waals surface area contributed by atoms with Crippen molar-refractivity contribution in [1.82, 2.24) is 9.61 Å². The zero-order chi connectivity index (χ0) is 19.2. The van der Waals surface area contributed by atoms with Gasteiger partial charge in [0.25, 0.3) is 0 Å². The second-order valence-corrected chi connectivity index (χ2v) is 7.47. The van der Waals surface area contributed by atoms with Crippen molar-refractivity contribution in [3.63, 3.8) is 0 Å². The number of nitrogens with zero attached hydrogens (tertiary/aromatic N) is 3. The van der Waals surface area contributed by atoms with Gasteiger partial charge in [0.05, 0.1) is 34.6 Å². The van der Waals surface area contributed by atoms with Gasteiger partial charge in [-0.3, -0.25) is 0 Å². The third kappa shape index (κ3) is 2.64. The maximum Gasteiger partial charge on any atom is 0.126 e. The predicted octanol–water partition coefficient (Wildman–Crippen LogP) is 5.62. The number of anilines is 2. The Hall–Kier alpha value is -3.79. The van der Waals surface area contributed by atoms with E-state index in [0.717, 1.165) is 29.0 Å². The van der Waals surface area contributed by atoms with Crippen molar-refractivity contribution in [2.75, 3.05) is 10.2 Å². The van der Waals surface area contributed by atoms with Gasteiger partial charge < -0.3 is 10.2 Å². The Bertz CT molecular complexity index is 1320. The van der Waals surface area contributed by atoms with Crippen LogP contribution in [0.2, 0.25) is 0 Å². The molecule has 1 unspecified atom stereocenters. The molecule has 140 valence electrons. The summed E-state index contributed by atoms with van der Waals surface area (Å²) in [5.74, 6) is 0. The SMILES string of the molecule is c1ccc(C2Nc3ccccc3N2Cc2cc3ccc4ccccc4n3n2)cc1. The second kappa shape index (κ2) is 6.38. The lowest BCUT2D eigenvalue weighted by Gasteiger charge is -2.26. The van der Waals surface area contributed by atoms with E-state index >= 15 is 0 Å². The Morgan fingerprint density at radius 2 is 1.59 bits per heavy atom. The van der Waals surface area contributed by atoms with Crippen LogP contribution in [0, 0.1) is 0 Å². The molecule has 0 saturated carbocycles. The molecule has 1 atom stereocenters. The number of aromatic nitrogens is 2. The van der Waals surface area contributed by atoms with E-state index in [4.69, 9.17) is 5.10 Å². The van der Waals surface area contributed by atoms with Gasteiger partial charge in [-0.25, -0.2) is 4.52 Å². The van der Waals surface area contributed by atoms with E-state index in [1.807, 2.05) is 0 Å². The average molecular weight is 376 g/mol. The van der Waals surface area contributed by atoms with Crippen LogP contribution in [0.1, 0.15) is 17.4 Å². The number of hydrogen-bond donors (Lipinski definition) is 1. The zero-order valence-corrected chi connectivity index (χ0v) is 15.9. The summed E-state index contributed by atoms with van der Waals surface area (Å²) in [6.45, 7) is 0.736. The van der Waals surface area contributed by atoms with Crippen molar-refractivity contribution >= 4 is 27.8 Å². The molecule has 5 aromatic rings. The Balaban J connectivity index is 1.43. The van der Waals surface area contributed by atoms with E-state index in [1.165, 1.54) is 16.6 Å². The van der Waals surface area contributed by atoms with E-state index in [9.17, 15) is 0 Å². The lowest BCUT2D eigenvalue weighted by atomic mass is 10.1. The molecule has 6 rings (SSSR count). The molecule has 1 N–H and O–H groups in total. The Kier molecular flexibility index (Phi) is 3.56. The standard InChI is InChI=1S/C25H20N4/c1-2-9-19(10-3-1)25-26-22-11-5-7-13-24(22)28(25)17-20-16-21-15-14-18-8-4-6-12-23(18)29(21)27-20/h1-16,25-26H,17H2. The largest absolute Gasteiger partial charge is 0.360 e. The number of fused-ring (bicyclic) bond motifs is 4.